The summed E-state index contributed by atoms with van der Waals surface area (Å²) in [5.74, 6) is -0.649. The summed E-state index contributed by atoms with van der Waals surface area (Å²) in [6, 6.07) is 16.6. The van der Waals surface area contributed by atoms with Crippen LogP contribution in [0.15, 0.2) is 54.6 Å². The van der Waals surface area contributed by atoms with Gasteiger partial charge in [-0.3, -0.25) is 9.59 Å². The van der Waals surface area contributed by atoms with Gasteiger partial charge in [0.1, 0.15) is 0 Å². The normalized spacial score (nSPS) is 9.36. The van der Waals surface area contributed by atoms with Crippen molar-refractivity contribution in [2.75, 3.05) is 7.11 Å². The first kappa shape index (κ1) is 17.7. The van der Waals surface area contributed by atoms with Gasteiger partial charge >= 0.3 is 5.97 Å². The van der Waals surface area contributed by atoms with E-state index >= 15 is 0 Å². The molecule has 2 aromatic rings. The van der Waals surface area contributed by atoms with Crippen molar-refractivity contribution in [3.05, 3.63) is 70.7 Å². The number of aryl methyl sites for hydroxylation is 1. The molecule has 0 unspecified atom stereocenters. The van der Waals surface area contributed by atoms with Crippen molar-refractivity contribution in [3.8, 4) is 0 Å². The second-order valence-electron chi connectivity index (χ2n) is 4.41. The van der Waals surface area contributed by atoms with E-state index in [9.17, 15) is 9.59 Å². The van der Waals surface area contributed by atoms with Gasteiger partial charge in [0, 0.05) is 6.42 Å². The summed E-state index contributed by atoms with van der Waals surface area (Å²) >= 11 is 5.62. The molecule has 0 atom stereocenters. The molecule has 0 saturated heterocycles. The third-order valence-corrected chi connectivity index (χ3v) is 3.16. The average molecular weight is 320 g/mol. The molecule has 4 nitrogen and oxygen atoms in total. The topological polar surface area (TPSA) is 69.4 Å². The van der Waals surface area contributed by atoms with E-state index in [4.69, 9.17) is 17.3 Å². The smallest absolute Gasteiger partial charge is 0.305 e. The monoisotopic (exact) mass is 319 g/mol. The second-order valence-corrected chi connectivity index (χ2v) is 4.81. The summed E-state index contributed by atoms with van der Waals surface area (Å²) in [6.07, 6.45) is 1.22. The van der Waals surface area contributed by atoms with Gasteiger partial charge in [0.05, 0.1) is 17.7 Å². The third-order valence-electron chi connectivity index (χ3n) is 2.83. The van der Waals surface area contributed by atoms with Crippen molar-refractivity contribution in [2.24, 2.45) is 5.73 Å². The Morgan fingerprint density at radius 2 is 1.64 bits per heavy atom. The molecule has 5 heteroatoms. The predicted molar refractivity (Wildman–Crippen MR) is 86.7 cm³/mol. The Bertz CT molecular complexity index is 614. The number of primary amides is 1. The van der Waals surface area contributed by atoms with Crippen LogP contribution >= 0.6 is 11.6 Å². The van der Waals surface area contributed by atoms with Crippen LogP contribution in [-0.4, -0.2) is 19.0 Å². The molecule has 2 aromatic carbocycles. The van der Waals surface area contributed by atoms with E-state index < -0.39 is 5.91 Å². The number of carbonyl (C=O) groups is 2. The van der Waals surface area contributed by atoms with Crippen molar-refractivity contribution >= 4 is 23.5 Å². The zero-order valence-corrected chi connectivity index (χ0v) is 13.0. The molecule has 0 spiro atoms. The molecular formula is C17H18ClNO3. The van der Waals surface area contributed by atoms with E-state index in [1.807, 2.05) is 30.3 Å². The maximum atomic E-state index is 10.8. The number of rotatable bonds is 4. The number of amides is 1. The van der Waals surface area contributed by atoms with Crippen LogP contribution in [0.1, 0.15) is 22.3 Å². The molecule has 2 N–H and O–H groups in total. The lowest BCUT2D eigenvalue weighted by molar-refractivity contribution is -0.140. The molecule has 0 aliphatic carbocycles. The SMILES string of the molecule is COC(=O)CCc1ccccc1.NC(=O)c1ccccc1Cl. The molecule has 22 heavy (non-hydrogen) atoms. The van der Waals surface area contributed by atoms with E-state index in [2.05, 4.69) is 4.74 Å². The van der Waals surface area contributed by atoms with Gasteiger partial charge < -0.3 is 10.5 Å². The highest BCUT2D eigenvalue weighted by Crippen LogP contribution is 2.13. The van der Waals surface area contributed by atoms with Crippen LogP contribution in [0, 0.1) is 0 Å². The second kappa shape index (κ2) is 9.58. The Labute approximate surface area is 134 Å². The van der Waals surface area contributed by atoms with Gasteiger partial charge in [0.2, 0.25) is 5.91 Å². The van der Waals surface area contributed by atoms with Gasteiger partial charge in [-0.2, -0.15) is 0 Å². The van der Waals surface area contributed by atoms with Crippen molar-refractivity contribution in [2.45, 2.75) is 12.8 Å². The number of hydrogen-bond acceptors (Lipinski definition) is 3. The quantitative estimate of drug-likeness (QED) is 0.880. The number of nitrogens with two attached hydrogens (primary N) is 1. The first-order chi connectivity index (χ1) is 10.5. The zero-order chi connectivity index (χ0) is 16.4. The Hall–Kier alpha value is -2.33. The maximum Gasteiger partial charge on any atom is 0.305 e. The fourth-order valence-corrected chi connectivity index (χ4v) is 1.88. The number of carbonyl (C=O) groups excluding carboxylic acids is 2. The lowest BCUT2D eigenvalue weighted by atomic mass is 10.1. The molecule has 2 rings (SSSR count). The lowest BCUT2D eigenvalue weighted by Gasteiger charge is -1.98. The molecule has 0 radical (unpaired) electrons. The Morgan fingerprint density at radius 1 is 1.05 bits per heavy atom. The van der Waals surface area contributed by atoms with E-state index in [0.717, 1.165) is 6.42 Å². The first-order valence-electron chi connectivity index (χ1n) is 6.69. The minimum Gasteiger partial charge on any atom is -0.469 e. The van der Waals surface area contributed by atoms with Crippen LogP contribution in [0.2, 0.25) is 5.02 Å². The number of halogens is 1. The third kappa shape index (κ3) is 6.41. The van der Waals surface area contributed by atoms with Crippen LogP contribution < -0.4 is 5.73 Å². The predicted octanol–water partition coefficient (Wildman–Crippen LogP) is 3.23. The molecule has 0 saturated carbocycles. The highest BCUT2D eigenvalue weighted by Gasteiger charge is 2.02. The lowest BCUT2D eigenvalue weighted by Crippen LogP contribution is -2.10. The zero-order valence-electron chi connectivity index (χ0n) is 12.3. The Balaban J connectivity index is 0.000000224. The molecule has 116 valence electrons. The highest BCUT2D eigenvalue weighted by molar-refractivity contribution is 6.33. The Morgan fingerprint density at radius 3 is 2.14 bits per heavy atom. The van der Waals surface area contributed by atoms with Gasteiger partial charge in [-0.1, -0.05) is 54.1 Å². The van der Waals surface area contributed by atoms with Crippen LogP contribution in [0.4, 0.5) is 0 Å². The van der Waals surface area contributed by atoms with Crippen molar-refractivity contribution in [1.29, 1.82) is 0 Å². The molecule has 0 aliphatic heterocycles. The van der Waals surface area contributed by atoms with E-state index in [1.165, 1.54) is 12.7 Å². The molecule has 0 aromatic heterocycles. The van der Waals surface area contributed by atoms with Crippen LogP contribution in [0.25, 0.3) is 0 Å². The van der Waals surface area contributed by atoms with Gasteiger partial charge in [0.15, 0.2) is 0 Å². The summed E-state index contributed by atoms with van der Waals surface area (Å²) in [6.45, 7) is 0. The van der Waals surface area contributed by atoms with E-state index in [1.54, 1.807) is 24.3 Å². The summed E-state index contributed by atoms with van der Waals surface area (Å²) in [4.78, 5) is 21.3. The Kier molecular flexibility index (Phi) is 7.72. The molecule has 1 amide bonds. The summed E-state index contributed by atoms with van der Waals surface area (Å²) in [5.41, 5.74) is 6.53. The van der Waals surface area contributed by atoms with Gasteiger partial charge in [-0.25, -0.2) is 0 Å². The van der Waals surface area contributed by atoms with Crippen LogP contribution in [0.3, 0.4) is 0 Å². The minimum absolute atomic E-state index is 0.154. The number of benzene rings is 2. The number of ether oxygens (including phenoxy) is 1. The fourth-order valence-electron chi connectivity index (χ4n) is 1.65. The first-order valence-corrected chi connectivity index (χ1v) is 7.07. The standard InChI is InChI=1S/C10H12O2.C7H6ClNO/c1-12-10(11)8-7-9-5-3-2-4-6-9;8-6-4-2-1-3-5(6)7(9)10/h2-6H,7-8H2,1H3;1-4H,(H2,9,10). The number of esters is 1. The van der Waals surface area contributed by atoms with E-state index in [-0.39, 0.29) is 5.97 Å². The van der Waals surface area contributed by atoms with Crippen molar-refractivity contribution in [1.82, 2.24) is 0 Å². The largest absolute Gasteiger partial charge is 0.469 e. The van der Waals surface area contributed by atoms with E-state index in [0.29, 0.717) is 17.0 Å². The molecule has 0 bridgehead atoms. The van der Waals surface area contributed by atoms with Crippen LogP contribution in [-0.2, 0) is 16.0 Å². The molecule has 0 fully saturated rings. The summed E-state index contributed by atoms with van der Waals surface area (Å²) in [7, 11) is 1.41. The van der Waals surface area contributed by atoms with Crippen molar-refractivity contribution < 1.29 is 14.3 Å². The minimum atomic E-state index is -0.495. The van der Waals surface area contributed by atoms with Crippen molar-refractivity contribution in [3.63, 3.8) is 0 Å². The number of hydrogen-bond donors (Lipinski definition) is 1. The highest BCUT2D eigenvalue weighted by atomic mass is 35.5. The van der Waals surface area contributed by atoms with Gasteiger partial charge in [-0.15, -0.1) is 0 Å². The maximum absolute atomic E-state index is 10.8. The summed E-state index contributed by atoms with van der Waals surface area (Å²) in [5, 5.41) is 0.398. The molecular weight excluding hydrogens is 302 g/mol. The summed E-state index contributed by atoms with van der Waals surface area (Å²) < 4.78 is 4.53. The average Bonchev–Trinajstić information content (AvgIpc) is 2.54. The van der Waals surface area contributed by atoms with Crippen LogP contribution in [0.5, 0.6) is 0 Å². The molecule has 0 heterocycles. The van der Waals surface area contributed by atoms with Gasteiger partial charge in [-0.05, 0) is 24.1 Å². The number of methoxy groups -OCH3 is 1. The fraction of sp³-hybridized carbons (Fsp3) is 0.176. The van der Waals surface area contributed by atoms with Gasteiger partial charge in [0.25, 0.3) is 0 Å². The molecule has 0 aliphatic rings.